The van der Waals surface area contributed by atoms with E-state index in [0.29, 0.717) is 0 Å². The van der Waals surface area contributed by atoms with Crippen molar-refractivity contribution in [1.82, 2.24) is 0 Å². The van der Waals surface area contributed by atoms with E-state index in [-0.39, 0.29) is 6.42 Å². The van der Waals surface area contributed by atoms with Gasteiger partial charge in [-0.1, -0.05) is 6.08 Å². The van der Waals surface area contributed by atoms with Crippen molar-refractivity contribution in [3.05, 3.63) is 12.7 Å². The molecule has 56 valence electrons. The molecule has 0 radical (unpaired) electrons. The van der Waals surface area contributed by atoms with Gasteiger partial charge in [-0.05, 0) is 29.6 Å². The van der Waals surface area contributed by atoms with Crippen LogP contribution in [0.2, 0.25) is 0 Å². The molecule has 0 aliphatic rings. The SMILES string of the molecule is C=CCC(C(=O)Cl)C(=O)Cl. The molecule has 0 unspecified atom stereocenters. The lowest BCUT2D eigenvalue weighted by molar-refractivity contribution is -0.123. The van der Waals surface area contributed by atoms with Crippen LogP contribution in [0.5, 0.6) is 0 Å². The van der Waals surface area contributed by atoms with Crippen LogP contribution in [0.1, 0.15) is 6.42 Å². The predicted octanol–water partition coefficient (Wildman–Crippen LogP) is 1.71. The third-order valence-corrected chi connectivity index (χ3v) is 1.48. The van der Waals surface area contributed by atoms with Gasteiger partial charge in [0.1, 0.15) is 5.92 Å². The number of carbonyl (C=O) groups is 2. The molecule has 0 rings (SSSR count). The van der Waals surface area contributed by atoms with Gasteiger partial charge in [0.15, 0.2) is 0 Å². The van der Waals surface area contributed by atoms with E-state index in [1.807, 2.05) is 0 Å². The second kappa shape index (κ2) is 4.47. The van der Waals surface area contributed by atoms with Crippen LogP contribution in [0, 0.1) is 5.92 Å². The number of hydrogen-bond donors (Lipinski definition) is 0. The quantitative estimate of drug-likeness (QED) is 0.375. The lowest BCUT2D eigenvalue weighted by Gasteiger charge is -2.00. The maximum Gasteiger partial charge on any atom is 0.233 e. The molecule has 0 heterocycles. The Morgan fingerprint density at radius 3 is 1.90 bits per heavy atom. The molecule has 0 spiro atoms. The van der Waals surface area contributed by atoms with Crippen LogP contribution in [-0.4, -0.2) is 10.5 Å². The average molecular weight is 181 g/mol. The Morgan fingerprint density at radius 2 is 1.80 bits per heavy atom. The van der Waals surface area contributed by atoms with Crippen molar-refractivity contribution in [3.63, 3.8) is 0 Å². The second-order valence-corrected chi connectivity index (χ2v) is 2.43. The minimum absolute atomic E-state index is 0.199. The van der Waals surface area contributed by atoms with Gasteiger partial charge in [-0.2, -0.15) is 0 Å². The van der Waals surface area contributed by atoms with E-state index in [2.05, 4.69) is 6.58 Å². The summed E-state index contributed by atoms with van der Waals surface area (Å²) in [5.41, 5.74) is 0. The smallest absolute Gasteiger partial charge is 0.233 e. The van der Waals surface area contributed by atoms with E-state index >= 15 is 0 Å². The van der Waals surface area contributed by atoms with Gasteiger partial charge >= 0.3 is 0 Å². The van der Waals surface area contributed by atoms with Crippen molar-refractivity contribution in [1.29, 1.82) is 0 Å². The fourth-order valence-corrected chi connectivity index (χ4v) is 0.873. The summed E-state index contributed by atoms with van der Waals surface area (Å²) >= 11 is 10.1. The highest BCUT2D eigenvalue weighted by molar-refractivity contribution is 6.73. The summed E-state index contributed by atoms with van der Waals surface area (Å²) in [6.45, 7) is 3.34. The Balaban J connectivity index is 4.11. The summed E-state index contributed by atoms with van der Waals surface area (Å²) in [6, 6.07) is 0. The van der Waals surface area contributed by atoms with E-state index in [9.17, 15) is 9.59 Å². The first-order valence-electron chi connectivity index (χ1n) is 2.59. The van der Waals surface area contributed by atoms with Gasteiger partial charge in [0.05, 0.1) is 0 Å². The first-order chi connectivity index (χ1) is 4.59. The van der Waals surface area contributed by atoms with Gasteiger partial charge in [0.2, 0.25) is 10.5 Å². The lowest BCUT2D eigenvalue weighted by atomic mass is 10.1. The number of halogens is 2. The van der Waals surface area contributed by atoms with E-state index in [1.165, 1.54) is 6.08 Å². The zero-order valence-electron chi connectivity index (χ0n) is 5.14. The predicted molar refractivity (Wildman–Crippen MR) is 40.0 cm³/mol. The van der Waals surface area contributed by atoms with E-state index in [4.69, 9.17) is 23.2 Å². The zero-order chi connectivity index (χ0) is 8.15. The van der Waals surface area contributed by atoms with E-state index < -0.39 is 16.4 Å². The molecule has 0 atom stereocenters. The van der Waals surface area contributed by atoms with Crippen molar-refractivity contribution in [2.75, 3.05) is 0 Å². The maximum atomic E-state index is 10.4. The van der Waals surface area contributed by atoms with Crippen LogP contribution in [0.25, 0.3) is 0 Å². The summed E-state index contributed by atoms with van der Waals surface area (Å²) < 4.78 is 0. The zero-order valence-corrected chi connectivity index (χ0v) is 6.65. The molecule has 0 aromatic heterocycles. The maximum absolute atomic E-state index is 10.4. The van der Waals surface area contributed by atoms with Crippen LogP contribution in [0.15, 0.2) is 12.7 Å². The van der Waals surface area contributed by atoms with Gasteiger partial charge in [0, 0.05) is 0 Å². The molecule has 0 saturated carbocycles. The Labute approximate surface area is 68.8 Å². The van der Waals surface area contributed by atoms with Gasteiger partial charge in [-0.15, -0.1) is 6.58 Å². The monoisotopic (exact) mass is 180 g/mol. The highest BCUT2D eigenvalue weighted by Crippen LogP contribution is 2.11. The largest absolute Gasteiger partial charge is 0.280 e. The molecule has 10 heavy (non-hydrogen) atoms. The van der Waals surface area contributed by atoms with Crippen molar-refractivity contribution in [3.8, 4) is 0 Å². The van der Waals surface area contributed by atoms with Crippen molar-refractivity contribution >= 4 is 33.7 Å². The lowest BCUT2D eigenvalue weighted by Crippen LogP contribution is -2.14. The molecule has 2 nitrogen and oxygen atoms in total. The average Bonchev–Trinajstić information content (AvgIpc) is 1.81. The van der Waals surface area contributed by atoms with Gasteiger partial charge in [-0.3, -0.25) is 9.59 Å². The summed E-state index contributed by atoms with van der Waals surface area (Å²) in [5, 5.41) is -1.47. The number of rotatable bonds is 4. The molecule has 0 bridgehead atoms. The third kappa shape index (κ3) is 2.99. The number of allylic oxidation sites excluding steroid dienone is 1. The topological polar surface area (TPSA) is 34.1 Å². The van der Waals surface area contributed by atoms with Gasteiger partial charge in [-0.25, -0.2) is 0 Å². The summed E-state index contributed by atoms with van der Waals surface area (Å²) in [6.07, 6.45) is 1.62. The minimum Gasteiger partial charge on any atom is -0.280 e. The Bertz CT molecular complexity index is 151. The standard InChI is InChI=1S/C6H6Cl2O2/c1-2-3-4(5(7)9)6(8)10/h2,4H,1,3H2. The van der Waals surface area contributed by atoms with Crippen molar-refractivity contribution in [2.45, 2.75) is 6.42 Å². The molecular weight excluding hydrogens is 175 g/mol. The molecule has 0 saturated heterocycles. The Morgan fingerprint density at radius 1 is 1.40 bits per heavy atom. The Hall–Kier alpha value is -0.340. The minimum atomic E-state index is -0.930. The highest BCUT2D eigenvalue weighted by atomic mass is 35.5. The highest BCUT2D eigenvalue weighted by Gasteiger charge is 2.21. The van der Waals surface area contributed by atoms with Crippen LogP contribution in [-0.2, 0) is 9.59 Å². The molecule has 4 heteroatoms. The first kappa shape index (κ1) is 9.66. The molecule has 0 aromatic carbocycles. The van der Waals surface area contributed by atoms with Crippen LogP contribution in [0.4, 0.5) is 0 Å². The van der Waals surface area contributed by atoms with Crippen molar-refractivity contribution < 1.29 is 9.59 Å². The van der Waals surface area contributed by atoms with Crippen molar-refractivity contribution in [2.24, 2.45) is 5.92 Å². The molecule has 0 aliphatic carbocycles. The Kier molecular flexibility index (Phi) is 4.32. The molecule has 0 amide bonds. The normalized spacial score (nSPS) is 9.50. The molecule has 0 aliphatic heterocycles. The fraction of sp³-hybridized carbons (Fsp3) is 0.333. The molecule has 0 aromatic rings. The summed E-state index contributed by atoms with van der Waals surface area (Å²) in [5.74, 6) is -0.930. The third-order valence-electron chi connectivity index (χ3n) is 0.950. The second-order valence-electron chi connectivity index (χ2n) is 1.69. The van der Waals surface area contributed by atoms with Crippen LogP contribution in [0.3, 0.4) is 0 Å². The van der Waals surface area contributed by atoms with E-state index in [0.717, 1.165) is 0 Å². The number of hydrogen-bond acceptors (Lipinski definition) is 2. The van der Waals surface area contributed by atoms with Crippen LogP contribution < -0.4 is 0 Å². The summed E-state index contributed by atoms with van der Waals surface area (Å²) in [7, 11) is 0. The molecule has 0 N–H and O–H groups in total. The van der Waals surface area contributed by atoms with Gasteiger partial charge < -0.3 is 0 Å². The number of carbonyl (C=O) groups excluding carboxylic acids is 2. The van der Waals surface area contributed by atoms with Gasteiger partial charge in [0.25, 0.3) is 0 Å². The van der Waals surface area contributed by atoms with Crippen LogP contribution >= 0.6 is 23.2 Å². The summed E-state index contributed by atoms with van der Waals surface area (Å²) in [4.78, 5) is 20.8. The molecular formula is C6H6Cl2O2. The van der Waals surface area contributed by atoms with E-state index in [1.54, 1.807) is 0 Å². The fourth-order valence-electron chi connectivity index (χ4n) is 0.441. The first-order valence-corrected chi connectivity index (χ1v) is 3.34. The molecule has 0 fully saturated rings.